The van der Waals surface area contributed by atoms with Crippen LogP contribution in [0.4, 0.5) is 21.6 Å². The molecular formula is C29H36FN7O. The summed E-state index contributed by atoms with van der Waals surface area (Å²) in [7, 11) is 0. The number of rotatable bonds is 7. The number of aliphatic hydroxyl groups is 1. The molecule has 0 bridgehead atoms. The SMILES string of the molecule is CC(Nc1c(-c2ccc(N3CCCC3)cc2)nc2n1CCN=C2)C(O)N1CCN(c2ccccc2F)CC1. The van der Waals surface area contributed by atoms with Crippen molar-refractivity contribution in [3.8, 4) is 11.3 Å². The minimum Gasteiger partial charge on any atom is -0.376 e. The summed E-state index contributed by atoms with van der Waals surface area (Å²) in [5, 5.41) is 14.9. The average Bonchev–Trinajstić information content (AvgIpc) is 3.62. The molecule has 9 heteroatoms. The molecule has 200 valence electrons. The summed E-state index contributed by atoms with van der Waals surface area (Å²) in [6.07, 6.45) is 3.65. The number of piperazine rings is 1. The van der Waals surface area contributed by atoms with E-state index in [0.29, 0.717) is 38.4 Å². The molecule has 0 aliphatic carbocycles. The van der Waals surface area contributed by atoms with E-state index in [1.165, 1.54) is 24.6 Å². The molecule has 38 heavy (non-hydrogen) atoms. The standard InChI is InChI=1S/C29H36FN7O/c1-21(29(38)36-18-16-35(17-19-36)25-7-3-2-6-24(25)30)32-28-27(33-26-20-31-12-15-37(26)28)22-8-10-23(11-9-22)34-13-4-5-14-34/h2-3,6-11,20-21,29,32,38H,4-5,12-19H2,1H3. The van der Waals surface area contributed by atoms with Gasteiger partial charge in [0.25, 0.3) is 0 Å². The zero-order chi connectivity index (χ0) is 26.1. The number of aliphatic imine (C=N–C) groups is 1. The molecular weight excluding hydrogens is 481 g/mol. The highest BCUT2D eigenvalue weighted by molar-refractivity contribution is 5.83. The average molecular weight is 518 g/mol. The van der Waals surface area contributed by atoms with Crippen molar-refractivity contribution in [2.75, 3.05) is 60.9 Å². The van der Waals surface area contributed by atoms with Crippen LogP contribution in [0.15, 0.2) is 53.5 Å². The fourth-order valence-corrected chi connectivity index (χ4v) is 5.79. The number of nitrogens with zero attached hydrogens (tertiary/aromatic N) is 6. The van der Waals surface area contributed by atoms with Crippen LogP contribution in [0, 0.1) is 5.82 Å². The van der Waals surface area contributed by atoms with Gasteiger partial charge in [-0.25, -0.2) is 9.37 Å². The topological polar surface area (TPSA) is 72.2 Å². The Morgan fingerprint density at radius 3 is 2.37 bits per heavy atom. The van der Waals surface area contributed by atoms with Gasteiger partial charge in [-0.15, -0.1) is 0 Å². The largest absolute Gasteiger partial charge is 0.376 e. The van der Waals surface area contributed by atoms with Crippen LogP contribution in [0.1, 0.15) is 25.6 Å². The van der Waals surface area contributed by atoms with Crippen LogP contribution in [0.5, 0.6) is 0 Å². The highest BCUT2D eigenvalue weighted by Gasteiger charge is 2.29. The van der Waals surface area contributed by atoms with E-state index in [0.717, 1.165) is 42.5 Å². The Kier molecular flexibility index (Phi) is 7.04. The summed E-state index contributed by atoms with van der Waals surface area (Å²) in [5.41, 5.74) is 3.81. The molecule has 2 unspecified atom stereocenters. The number of fused-ring (bicyclic) bond motifs is 1. The van der Waals surface area contributed by atoms with Crippen LogP contribution in [0.3, 0.4) is 0 Å². The Bertz CT molecular complexity index is 1280. The Morgan fingerprint density at radius 1 is 0.895 bits per heavy atom. The van der Waals surface area contributed by atoms with Gasteiger partial charge in [0.2, 0.25) is 0 Å². The molecule has 2 atom stereocenters. The number of benzene rings is 2. The van der Waals surface area contributed by atoms with E-state index >= 15 is 0 Å². The summed E-state index contributed by atoms with van der Waals surface area (Å²) in [6, 6.07) is 15.3. The van der Waals surface area contributed by atoms with Crippen molar-refractivity contribution in [3.05, 3.63) is 60.2 Å². The maximum absolute atomic E-state index is 14.3. The van der Waals surface area contributed by atoms with Gasteiger partial charge in [0.15, 0.2) is 5.82 Å². The Morgan fingerprint density at radius 2 is 1.63 bits per heavy atom. The summed E-state index contributed by atoms with van der Waals surface area (Å²) < 4.78 is 16.4. The van der Waals surface area contributed by atoms with E-state index in [4.69, 9.17) is 4.98 Å². The predicted molar refractivity (Wildman–Crippen MR) is 151 cm³/mol. The van der Waals surface area contributed by atoms with E-state index in [9.17, 15) is 9.50 Å². The molecule has 0 amide bonds. The first-order valence-electron chi connectivity index (χ1n) is 13.7. The minimum absolute atomic E-state index is 0.202. The van der Waals surface area contributed by atoms with Gasteiger partial charge in [0.05, 0.1) is 24.5 Å². The van der Waals surface area contributed by atoms with Crippen LogP contribution in [-0.4, -0.2) is 83.9 Å². The van der Waals surface area contributed by atoms with Crippen LogP contribution in [0.2, 0.25) is 0 Å². The zero-order valence-corrected chi connectivity index (χ0v) is 21.9. The summed E-state index contributed by atoms with van der Waals surface area (Å²) >= 11 is 0. The lowest BCUT2D eigenvalue weighted by molar-refractivity contribution is -0.00961. The quantitative estimate of drug-likeness (QED) is 0.499. The van der Waals surface area contributed by atoms with E-state index in [2.05, 4.69) is 48.9 Å². The molecule has 2 saturated heterocycles. The minimum atomic E-state index is -0.688. The molecule has 2 fully saturated rings. The maximum Gasteiger partial charge on any atom is 0.153 e. The van der Waals surface area contributed by atoms with Crippen molar-refractivity contribution in [3.63, 3.8) is 0 Å². The van der Waals surface area contributed by atoms with Crippen molar-refractivity contribution in [1.82, 2.24) is 14.5 Å². The smallest absolute Gasteiger partial charge is 0.153 e. The van der Waals surface area contributed by atoms with Crippen molar-refractivity contribution in [1.29, 1.82) is 0 Å². The number of imidazole rings is 1. The maximum atomic E-state index is 14.3. The van der Waals surface area contributed by atoms with Crippen molar-refractivity contribution in [2.45, 2.75) is 38.6 Å². The van der Waals surface area contributed by atoms with Crippen LogP contribution in [0.25, 0.3) is 11.3 Å². The number of halogens is 1. The molecule has 3 aliphatic rings. The van der Waals surface area contributed by atoms with Crippen LogP contribution in [-0.2, 0) is 6.54 Å². The van der Waals surface area contributed by atoms with Gasteiger partial charge in [0, 0.05) is 57.1 Å². The first-order valence-corrected chi connectivity index (χ1v) is 13.7. The molecule has 0 radical (unpaired) electrons. The van der Waals surface area contributed by atoms with Crippen molar-refractivity contribution >= 4 is 23.4 Å². The highest BCUT2D eigenvalue weighted by Crippen LogP contribution is 2.32. The van der Waals surface area contributed by atoms with Gasteiger partial charge >= 0.3 is 0 Å². The van der Waals surface area contributed by atoms with Gasteiger partial charge in [-0.1, -0.05) is 24.3 Å². The summed E-state index contributed by atoms with van der Waals surface area (Å²) in [6.45, 7) is 8.34. The molecule has 8 nitrogen and oxygen atoms in total. The second kappa shape index (κ2) is 10.7. The number of nitrogens with one attached hydrogen (secondary N) is 1. The Labute approximate surface area is 223 Å². The third-order valence-electron chi connectivity index (χ3n) is 7.96. The fraction of sp³-hybridized carbons (Fsp3) is 0.448. The van der Waals surface area contributed by atoms with Crippen LogP contribution >= 0.6 is 0 Å². The second-order valence-corrected chi connectivity index (χ2v) is 10.4. The first-order chi connectivity index (χ1) is 18.6. The number of aromatic nitrogens is 2. The normalized spacial score (nSPS) is 19.4. The molecule has 4 heterocycles. The molecule has 0 saturated carbocycles. The lowest BCUT2D eigenvalue weighted by Crippen LogP contribution is -2.54. The van der Waals surface area contributed by atoms with E-state index < -0.39 is 6.23 Å². The highest BCUT2D eigenvalue weighted by atomic mass is 19.1. The fourth-order valence-electron chi connectivity index (χ4n) is 5.79. The lowest BCUT2D eigenvalue weighted by atomic mass is 10.1. The predicted octanol–water partition coefficient (Wildman–Crippen LogP) is 3.66. The van der Waals surface area contributed by atoms with Gasteiger partial charge in [-0.2, -0.15) is 0 Å². The summed E-state index contributed by atoms with van der Waals surface area (Å²) in [5.74, 6) is 1.54. The Balaban J connectivity index is 1.17. The van der Waals surface area contributed by atoms with E-state index in [-0.39, 0.29) is 11.9 Å². The van der Waals surface area contributed by atoms with E-state index in [1.807, 2.05) is 30.2 Å². The third kappa shape index (κ3) is 4.88. The molecule has 2 N–H and O–H groups in total. The lowest BCUT2D eigenvalue weighted by Gasteiger charge is -2.40. The number of anilines is 3. The van der Waals surface area contributed by atoms with E-state index in [1.54, 1.807) is 6.07 Å². The number of hydrogen-bond donors (Lipinski definition) is 2. The van der Waals surface area contributed by atoms with Crippen LogP contribution < -0.4 is 15.1 Å². The first kappa shape index (κ1) is 24.9. The van der Waals surface area contributed by atoms with Crippen molar-refractivity contribution < 1.29 is 9.50 Å². The van der Waals surface area contributed by atoms with Gasteiger partial charge < -0.3 is 24.8 Å². The molecule has 3 aromatic rings. The molecule has 3 aliphatic heterocycles. The molecule has 0 spiro atoms. The summed E-state index contributed by atoms with van der Waals surface area (Å²) in [4.78, 5) is 15.9. The van der Waals surface area contributed by atoms with Gasteiger partial charge in [0.1, 0.15) is 23.6 Å². The number of aliphatic hydroxyl groups excluding tert-OH is 1. The second-order valence-electron chi connectivity index (χ2n) is 10.4. The van der Waals surface area contributed by atoms with Gasteiger partial charge in [-0.05, 0) is 44.0 Å². The van der Waals surface area contributed by atoms with Crippen molar-refractivity contribution in [2.24, 2.45) is 4.99 Å². The molecule has 6 rings (SSSR count). The molecule has 2 aromatic carbocycles. The molecule has 1 aromatic heterocycles. The van der Waals surface area contributed by atoms with Gasteiger partial charge in [-0.3, -0.25) is 9.89 Å². The Hall–Kier alpha value is -3.43. The zero-order valence-electron chi connectivity index (χ0n) is 21.9. The number of hydrogen-bond acceptors (Lipinski definition) is 7. The monoisotopic (exact) mass is 517 g/mol. The number of para-hydroxylation sites is 1. The third-order valence-corrected chi connectivity index (χ3v) is 7.96.